The van der Waals surface area contributed by atoms with Gasteiger partial charge >= 0.3 is 0 Å². The van der Waals surface area contributed by atoms with Crippen molar-refractivity contribution in [3.8, 4) is 5.75 Å². The fraction of sp³-hybridized carbons (Fsp3) is 0.143. The molecule has 1 amide bonds. The first-order valence-corrected chi connectivity index (χ1v) is 8.96. The molecule has 1 aromatic heterocycles. The van der Waals surface area contributed by atoms with E-state index in [0.29, 0.717) is 23.0 Å². The van der Waals surface area contributed by atoms with Gasteiger partial charge in [0, 0.05) is 16.4 Å². The lowest BCUT2D eigenvalue weighted by Crippen LogP contribution is -2.13. The number of ether oxygens (including phenoxy) is 1. The van der Waals surface area contributed by atoms with Gasteiger partial charge in [0.1, 0.15) is 11.4 Å². The lowest BCUT2D eigenvalue weighted by molar-refractivity contribution is 0.102. The van der Waals surface area contributed by atoms with Crippen LogP contribution < -0.4 is 15.4 Å². The number of hydrogen-bond acceptors (Lipinski definition) is 4. The highest BCUT2D eigenvalue weighted by Gasteiger charge is 2.08. The molecule has 3 aromatic rings. The number of halogens is 1. The fourth-order valence-corrected chi connectivity index (χ4v) is 2.75. The van der Waals surface area contributed by atoms with Crippen LogP contribution in [0.2, 0.25) is 5.02 Å². The van der Waals surface area contributed by atoms with Gasteiger partial charge in [0.15, 0.2) is 0 Å². The zero-order chi connectivity index (χ0) is 19.2. The summed E-state index contributed by atoms with van der Waals surface area (Å²) in [4.78, 5) is 16.6. The van der Waals surface area contributed by atoms with Crippen molar-refractivity contribution in [2.45, 2.75) is 13.8 Å². The van der Waals surface area contributed by atoms with E-state index >= 15 is 0 Å². The van der Waals surface area contributed by atoms with E-state index in [9.17, 15) is 4.79 Å². The largest absolute Gasteiger partial charge is 0.494 e. The third-order valence-corrected chi connectivity index (χ3v) is 4.12. The van der Waals surface area contributed by atoms with Crippen LogP contribution >= 0.6 is 11.6 Å². The summed E-state index contributed by atoms with van der Waals surface area (Å²) in [6.07, 6.45) is 1.63. The summed E-state index contributed by atoms with van der Waals surface area (Å²) in [5.41, 5.74) is 3.78. The number of aryl methyl sites for hydroxylation is 1. The molecule has 0 atom stereocenters. The van der Waals surface area contributed by atoms with Gasteiger partial charge in [-0.05, 0) is 74.0 Å². The summed E-state index contributed by atoms with van der Waals surface area (Å²) < 4.78 is 5.39. The summed E-state index contributed by atoms with van der Waals surface area (Å²) >= 11 is 5.97. The van der Waals surface area contributed by atoms with Crippen molar-refractivity contribution in [1.29, 1.82) is 0 Å². The van der Waals surface area contributed by atoms with E-state index in [4.69, 9.17) is 16.3 Å². The first-order valence-electron chi connectivity index (χ1n) is 8.58. The van der Waals surface area contributed by atoms with Crippen molar-refractivity contribution >= 4 is 34.6 Å². The van der Waals surface area contributed by atoms with Crippen LogP contribution in [0.25, 0.3) is 0 Å². The first-order chi connectivity index (χ1) is 13.0. The minimum Gasteiger partial charge on any atom is -0.494 e. The van der Waals surface area contributed by atoms with Crippen LogP contribution in [0.3, 0.4) is 0 Å². The van der Waals surface area contributed by atoms with Crippen molar-refractivity contribution in [3.05, 3.63) is 77.1 Å². The second kappa shape index (κ2) is 8.56. The Labute approximate surface area is 163 Å². The number of nitrogens with one attached hydrogen (secondary N) is 2. The molecule has 0 radical (unpaired) electrons. The Morgan fingerprint density at radius 3 is 2.44 bits per heavy atom. The molecule has 2 N–H and O–H groups in total. The fourth-order valence-electron chi connectivity index (χ4n) is 2.52. The highest BCUT2D eigenvalue weighted by atomic mass is 35.5. The maximum atomic E-state index is 12.3. The second-order valence-corrected chi connectivity index (χ2v) is 6.36. The number of hydrogen-bond donors (Lipinski definition) is 2. The predicted molar refractivity (Wildman–Crippen MR) is 109 cm³/mol. The van der Waals surface area contributed by atoms with E-state index in [1.807, 2.05) is 50.2 Å². The average Bonchev–Trinajstić information content (AvgIpc) is 2.66. The van der Waals surface area contributed by atoms with Crippen LogP contribution in [0.15, 0.2) is 60.8 Å². The van der Waals surface area contributed by atoms with E-state index < -0.39 is 0 Å². The van der Waals surface area contributed by atoms with E-state index in [1.165, 1.54) is 0 Å². The molecule has 2 aromatic carbocycles. The average molecular weight is 382 g/mol. The van der Waals surface area contributed by atoms with Crippen molar-refractivity contribution in [3.63, 3.8) is 0 Å². The van der Waals surface area contributed by atoms with Gasteiger partial charge in [-0.1, -0.05) is 11.6 Å². The van der Waals surface area contributed by atoms with Gasteiger partial charge in [0.2, 0.25) is 0 Å². The van der Waals surface area contributed by atoms with Crippen LogP contribution in [0.5, 0.6) is 5.75 Å². The number of benzene rings is 2. The zero-order valence-corrected chi connectivity index (χ0v) is 15.9. The Morgan fingerprint density at radius 1 is 1.07 bits per heavy atom. The number of nitrogens with zero attached hydrogens (tertiary/aromatic N) is 1. The molecule has 0 aliphatic rings. The third kappa shape index (κ3) is 4.99. The maximum absolute atomic E-state index is 12.3. The van der Waals surface area contributed by atoms with E-state index in [1.54, 1.807) is 24.4 Å². The summed E-state index contributed by atoms with van der Waals surface area (Å²) in [5, 5.41) is 6.78. The summed E-state index contributed by atoms with van der Waals surface area (Å²) in [5.74, 6) is 0.495. The predicted octanol–water partition coefficient (Wildman–Crippen LogP) is 5.44. The molecule has 0 unspecified atom stereocenters. The topological polar surface area (TPSA) is 63.2 Å². The van der Waals surface area contributed by atoms with Crippen molar-refractivity contribution < 1.29 is 9.53 Å². The Balaban J connectivity index is 1.64. The summed E-state index contributed by atoms with van der Waals surface area (Å²) in [7, 11) is 0. The second-order valence-electron chi connectivity index (χ2n) is 5.93. The lowest BCUT2D eigenvalue weighted by atomic mass is 10.2. The van der Waals surface area contributed by atoms with Crippen LogP contribution in [0.1, 0.15) is 23.0 Å². The maximum Gasteiger partial charge on any atom is 0.274 e. The van der Waals surface area contributed by atoms with Crippen molar-refractivity contribution in [2.24, 2.45) is 0 Å². The number of amides is 1. The van der Waals surface area contributed by atoms with Crippen LogP contribution in [-0.2, 0) is 0 Å². The van der Waals surface area contributed by atoms with Crippen LogP contribution in [0, 0.1) is 6.92 Å². The molecule has 138 valence electrons. The lowest BCUT2D eigenvalue weighted by Gasteiger charge is -2.10. The van der Waals surface area contributed by atoms with Gasteiger partial charge in [0.25, 0.3) is 5.91 Å². The molecule has 0 saturated carbocycles. The van der Waals surface area contributed by atoms with E-state index in [2.05, 4.69) is 15.6 Å². The Morgan fingerprint density at radius 2 is 1.81 bits per heavy atom. The zero-order valence-electron chi connectivity index (χ0n) is 15.1. The molecule has 0 bridgehead atoms. The molecule has 3 rings (SSSR count). The van der Waals surface area contributed by atoms with Crippen LogP contribution in [-0.4, -0.2) is 17.5 Å². The molecular weight excluding hydrogens is 362 g/mol. The van der Waals surface area contributed by atoms with Gasteiger partial charge in [-0.25, -0.2) is 4.98 Å². The molecular formula is C21H20ClN3O2. The Kier molecular flexibility index (Phi) is 5.94. The first kappa shape index (κ1) is 18.7. The quantitative estimate of drug-likeness (QED) is 0.597. The molecule has 0 aliphatic heterocycles. The normalized spacial score (nSPS) is 10.3. The summed E-state index contributed by atoms with van der Waals surface area (Å²) in [6, 6.07) is 16.3. The minimum atomic E-state index is -0.270. The monoisotopic (exact) mass is 381 g/mol. The number of carbonyl (C=O) groups excluding carboxylic acids is 1. The van der Waals surface area contributed by atoms with Gasteiger partial charge < -0.3 is 15.4 Å². The van der Waals surface area contributed by atoms with Crippen LogP contribution in [0.4, 0.5) is 17.1 Å². The Hall–Kier alpha value is -3.05. The van der Waals surface area contributed by atoms with Crippen molar-refractivity contribution in [1.82, 2.24) is 4.98 Å². The SMILES string of the molecule is CCOc1ccc(NC(=O)c2ccc(Nc3ccc(Cl)cc3C)cn2)cc1. The molecule has 27 heavy (non-hydrogen) atoms. The van der Waals surface area contributed by atoms with E-state index in [-0.39, 0.29) is 5.91 Å². The standard InChI is InChI=1S/C21H20ClN3O2/c1-3-27-18-8-5-16(6-9-18)25-21(26)20-11-7-17(13-23-20)24-19-10-4-15(22)12-14(19)2/h4-13,24H,3H2,1-2H3,(H,25,26). The molecule has 0 saturated heterocycles. The number of rotatable bonds is 6. The van der Waals surface area contributed by atoms with Gasteiger partial charge in [-0.15, -0.1) is 0 Å². The summed E-state index contributed by atoms with van der Waals surface area (Å²) in [6.45, 7) is 4.50. The van der Waals surface area contributed by atoms with Gasteiger partial charge in [0.05, 0.1) is 18.5 Å². The van der Waals surface area contributed by atoms with Gasteiger partial charge in [-0.2, -0.15) is 0 Å². The smallest absolute Gasteiger partial charge is 0.274 e. The molecule has 0 spiro atoms. The minimum absolute atomic E-state index is 0.270. The highest BCUT2D eigenvalue weighted by molar-refractivity contribution is 6.30. The highest BCUT2D eigenvalue weighted by Crippen LogP contribution is 2.23. The molecule has 5 nitrogen and oxygen atoms in total. The Bertz CT molecular complexity index is 925. The molecule has 1 heterocycles. The number of carbonyl (C=O) groups is 1. The van der Waals surface area contributed by atoms with E-state index in [0.717, 1.165) is 22.7 Å². The molecule has 0 fully saturated rings. The van der Waals surface area contributed by atoms with Crippen molar-refractivity contribution in [2.75, 3.05) is 17.2 Å². The third-order valence-electron chi connectivity index (χ3n) is 3.89. The molecule has 0 aliphatic carbocycles. The number of anilines is 3. The van der Waals surface area contributed by atoms with Gasteiger partial charge in [-0.3, -0.25) is 4.79 Å². The molecule has 6 heteroatoms. The number of aromatic nitrogens is 1. The number of pyridine rings is 1.